The molecule has 0 amide bonds. The largest absolute Gasteiger partial charge is 0.366 e. The fourth-order valence-electron chi connectivity index (χ4n) is 3.33. The lowest BCUT2D eigenvalue weighted by Gasteiger charge is -2.38. The van der Waals surface area contributed by atoms with Crippen molar-refractivity contribution in [3.05, 3.63) is 47.0 Å². The summed E-state index contributed by atoms with van der Waals surface area (Å²) < 4.78 is 6.36. The molecule has 0 spiro atoms. The van der Waals surface area contributed by atoms with E-state index in [-0.39, 0.29) is 6.10 Å². The Morgan fingerprint density at radius 3 is 2.67 bits per heavy atom. The maximum atomic E-state index is 6.36. The van der Waals surface area contributed by atoms with Crippen LogP contribution in [0.1, 0.15) is 51.2 Å². The average molecular weight is 242 g/mol. The van der Waals surface area contributed by atoms with Gasteiger partial charge >= 0.3 is 0 Å². The van der Waals surface area contributed by atoms with Crippen molar-refractivity contribution in [3.63, 3.8) is 0 Å². The van der Waals surface area contributed by atoms with E-state index in [0.29, 0.717) is 6.10 Å². The zero-order chi connectivity index (χ0) is 12.5. The SMILES string of the molecule is CC1=C2CCC(C)CC2OC(c2ccccc2)C1. The van der Waals surface area contributed by atoms with Crippen LogP contribution in [0.25, 0.3) is 0 Å². The zero-order valence-electron chi connectivity index (χ0n) is 11.4. The first-order valence-electron chi connectivity index (χ1n) is 7.13. The van der Waals surface area contributed by atoms with Gasteiger partial charge in [0.15, 0.2) is 0 Å². The standard InChI is InChI=1S/C17H22O/c1-12-8-9-15-13(2)11-16(18-17(15)10-12)14-6-4-3-5-7-14/h3-7,12,16-17H,8-11H2,1-2H3. The van der Waals surface area contributed by atoms with E-state index in [2.05, 4.69) is 44.2 Å². The molecule has 1 aliphatic carbocycles. The third kappa shape index (κ3) is 2.24. The summed E-state index contributed by atoms with van der Waals surface area (Å²) in [4.78, 5) is 0. The van der Waals surface area contributed by atoms with Gasteiger partial charge in [-0.25, -0.2) is 0 Å². The van der Waals surface area contributed by atoms with Gasteiger partial charge in [0, 0.05) is 0 Å². The molecule has 3 rings (SSSR count). The second-order valence-electron chi connectivity index (χ2n) is 5.91. The van der Waals surface area contributed by atoms with Crippen LogP contribution in [0.15, 0.2) is 41.5 Å². The van der Waals surface area contributed by atoms with Crippen LogP contribution < -0.4 is 0 Å². The Hall–Kier alpha value is -1.08. The Balaban J connectivity index is 1.84. The molecule has 0 saturated heterocycles. The summed E-state index contributed by atoms with van der Waals surface area (Å²) in [6.45, 7) is 4.65. The third-order valence-electron chi connectivity index (χ3n) is 4.45. The highest BCUT2D eigenvalue weighted by molar-refractivity contribution is 5.27. The molecule has 1 nitrogen and oxygen atoms in total. The van der Waals surface area contributed by atoms with Gasteiger partial charge in [-0.3, -0.25) is 0 Å². The number of hydrogen-bond donors (Lipinski definition) is 0. The van der Waals surface area contributed by atoms with E-state index in [1.54, 1.807) is 11.1 Å². The highest BCUT2D eigenvalue weighted by atomic mass is 16.5. The maximum Gasteiger partial charge on any atom is 0.0870 e. The first-order chi connectivity index (χ1) is 8.74. The highest BCUT2D eigenvalue weighted by Crippen LogP contribution is 2.42. The molecule has 1 heterocycles. The van der Waals surface area contributed by atoms with E-state index in [4.69, 9.17) is 4.74 Å². The van der Waals surface area contributed by atoms with E-state index >= 15 is 0 Å². The van der Waals surface area contributed by atoms with Crippen LogP contribution in [0.5, 0.6) is 0 Å². The lowest BCUT2D eigenvalue weighted by Crippen LogP contribution is -2.30. The minimum atomic E-state index is 0.269. The van der Waals surface area contributed by atoms with E-state index in [9.17, 15) is 0 Å². The molecule has 3 unspecified atom stereocenters. The van der Waals surface area contributed by atoms with E-state index in [1.165, 1.54) is 24.8 Å². The van der Waals surface area contributed by atoms with Crippen LogP contribution in [-0.2, 0) is 4.74 Å². The molecule has 1 heteroatoms. The van der Waals surface area contributed by atoms with Crippen molar-refractivity contribution in [2.45, 2.75) is 51.7 Å². The molecule has 1 aromatic carbocycles. The summed E-state index contributed by atoms with van der Waals surface area (Å²) in [5.74, 6) is 0.807. The molecule has 18 heavy (non-hydrogen) atoms. The van der Waals surface area contributed by atoms with Crippen molar-refractivity contribution in [2.24, 2.45) is 5.92 Å². The monoisotopic (exact) mass is 242 g/mol. The third-order valence-corrected chi connectivity index (χ3v) is 4.45. The molecule has 1 saturated carbocycles. The van der Waals surface area contributed by atoms with Gasteiger partial charge in [0.2, 0.25) is 0 Å². The summed E-state index contributed by atoms with van der Waals surface area (Å²) in [5.41, 5.74) is 4.50. The Labute approximate surface area is 110 Å². The van der Waals surface area contributed by atoms with Crippen molar-refractivity contribution in [2.75, 3.05) is 0 Å². The van der Waals surface area contributed by atoms with Crippen LogP contribution in [0.3, 0.4) is 0 Å². The van der Waals surface area contributed by atoms with Gasteiger partial charge in [0.1, 0.15) is 0 Å². The van der Waals surface area contributed by atoms with E-state index < -0.39 is 0 Å². The number of benzene rings is 1. The number of ether oxygens (including phenoxy) is 1. The highest BCUT2D eigenvalue weighted by Gasteiger charge is 2.32. The van der Waals surface area contributed by atoms with Crippen LogP contribution >= 0.6 is 0 Å². The van der Waals surface area contributed by atoms with Gasteiger partial charge in [-0.15, -0.1) is 0 Å². The molecule has 0 aromatic heterocycles. The van der Waals surface area contributed by atoms with Crippen molar-refractivity contribution in [1.29, 1.82) is 0 Å². The summed E-state index contributed by atoms with van der Waals surface area (Å²) in [6, 6.07) is 10.7. The van der Waals surface area contributed by atoms with Gasteiger partial charge in [-0.2, -0.15) is 0 Å². The van der Waals surface area contributed by atoms with Crippen LogP contribution in [0.2, 0.25) is 0 Å². The fraction of sp³-hybridized carbons (Fsp3) is 0.529. The number of hydrogen-bond acceptors (Lipinski definition) is 1. The molecule has 3 atom stereocenters. The van der Waals surface area contributed by atoms with Gasteiger partial charge in [0.05, 0.1) is 12.2 Å². The Bertz CT molecular complexity index is 446. The zero-order valence-corrected chi connectivity index (χ0v) is 11.4. The van der Waals surface area contributed by atoms with Crippen molar-refractivity contribution in [1.82, 2.24) is 0 Å². The molecule has 96 valence electrons. The molecule has 1 aromatic rings. The Morgan fingerprint density at radius 2 is 1.89 bits per heavy atom. The molecule has 1 fully saturated rings. The minimum absolute atomic E-state index is 0.269. The minimum Gasteiger partial charge on any atom is -0.366 e. The predicted molar refractivity (Wildman–Crippen MR) is 74.4 cm³/mol. The number of fused-ring (bicyclic) bond motifs is 1. The van der Waals surface area contributed by atoms with Crippen LogP contribution in [-0.4, -0.2) is 6.10 Å². The summed E-state index contributed by atoms with van der Waals surface area (Å²) >= 11 is 0. The molecule has 0 radical (unpaired) electrons. The molecule has 0 bridgehead atoms. The lowest BCUT2D eigenvalue weighted by molar-refractivity contribution is -0.0261. The first kappa shape index (κ1) is 12.0. The maximum absolute atomic E-state index is 6.36. The normalized spacial score (nSPS) is 32.2. The topological polar surface area (TPSA) is 9.23 Å². The Morgan fingerprint density at radius 1 is 1.11 bits per heavy atom. The number of rotatable bonds is 1. The van der Waals surface area contributed by atoms with Crippen molar-refractivity contribution < 1.29 is 4.74 Å². The van der Waals surface area contributed by atoms with Crippen LogP contribution in [0, 0.1) is 5.92 Å². The quantitative estimate of drug-likeness (QED) is 0.651. The van der Waals surface area contributed by atoms with E-state index in [1.807, 2.05) is 0 Å². The van der Waals surface area contributed by atoms with Gasteiger partial charge in [-0.05, 0) is 49.7 Å². The molecule has 1 aliphatic heterocycles. The lowest BCUT2D eigenvalue weighted by atomic mass is 9.79. The molecule has 0 N–H and O–H groups in total. The molecular formula is C17H22O. The Kier molecular flexibility index (Phi) is 3.25. The van der Waals surface area contributed by atoms with Crippen molar-refractivity contribution >= 4 is 0 Å². The second kappa shape index (κ2) is 4.89. The fourth-order valence-corrected chi connectivity index (χ4v) is 3.33. The predicted octanol–water partition coefficient (Wildman–Crippen LogP) is 4.65. The van der Waals surface area contributed by atoms with Gasteiger partial charge < -0.3 is 4.74 Å². The molecule has 2 aliphatic rings. The van der Waals surface area contributed by atoms with Crippen LogP contribution in [0.4, 0.5) is 0 Å². The van der Waals surface area contributed by atoms with Gasteiger partial charge in [-0.1, -0.05) is 42.8 Å². The van der Waals surface area contributed by atoms with Crippen molar-refractivity contribution in [3.8, 4) is 0 Å². The first-order valence-corrected chi connectivity index (χ1v) is 7.13. The smallest absolute Gasteiger partial charge is 0.0870 e. The summed E-state index contributed by atoms with van der Waals surface area (Å²) in [5, 5.41) is 0. The second-order valence-corrected chi connectivity index (χ2v) is 5.91. The summed E-state index contributed by atoms with van der Waals surface area (Å²) in [7, 11) is 0. The molecular weight excluding hydrogens is 220 g/mol. The summed E-state index contributed by atoms with van der Waals surface area (Å²) in [6.07, 6.45) is 5.51. The van der Waals surface area contributed by atoms with E-state index in [0.717, 1.165) is 12.3 Å². The van der Waals surface area contributed by atoms with Gasteiger partial charge in [0.25, 0.3) is 0 Å². The average Bonchev–Trinajstić information content (AvgIpc) is 2.39.